The molecule has 0 radical (unpaired) electrons. The number of carbonyl (C=O) groups is 1. The Hall–Kier alpha value is -1.96. The van der Waals surface area contributed by atoms with Crippen molar-refractivity contribution in [2.75, 3.05) is 0 Å². The number of rotatable bonds is 4. The largest absolute Gasteiger partial charge is 0.423 e. The smallest absolute Gasteiger partial charge is 0.343 e. The highest BCUT2D eigenvalue weighted by Gasteiger charge is 2.17. The van der Waals surface area contributed by atoms with Crippen molar-refractivity contribution in [1.82, 2.24) is 0 Å². The summed E-state index contributed by atoms with van der Waals surface area (Å²) in [5, 5.41) is 0. The van der Waals surface area contributed by atoms with Gasteiger partial charge in [-0.1, -0.05) is 12.1 Å². The fourth-order valence-electron chi connectivity index (χ4n) is 2.02. The Morgan fingerprint density at radius 1 is 1.17 bits per heavy atom. The van der Waals surface area contributed by atoms with E-state index in [1.807, 2.05) is 6.92 Å². The molecule has 2 N–H and O–H groups in total. The molecule has 1 unspecified atom stereocenters. The third-order valence-electron chi connectivity index (χ3n) is 3.32. The van der Waals surface area contributed by atoms with Crippen LogP contribution in [0.3, 0.4) is 0 Å². The second-order valence-electron chi connectivity index (χ2n) is 5.16. The number of halogens is 2. The maximum absolute atomic E-state index is 12.9. The highest BCUT2D eigenvalue weighted by atomic mass is 35.5. The SMILES string of the molecule is Cc1cc(S(=O)(=O)F)ccc1C(=O)Oc1ccc(C(C)N)cc1.Cl. The minimum atomic E-state index is -4.80. The molecule has 2 aromatic rings. The van der Waals surface area contributed by atoms with Crippen LogP contribution in [0, 0.1) is 6.92 Å². The van der Waals surface area contributed by atoms with Gasteiger partial charge >= 0.3 is 16.2 Å². The molecule has 0 spiro atoms. The molecule has 0 heterocycles. The van der Waals surface area contributed by atoms with Crippen LogP contribution in [0.2, 0.25) is 0 Å². The van der Waals surface area contributed by atoms with Gasteiger partial charge in [-0.25, -0.2) is 4.79 Å². The normalized spacial score (nSPS) is 12.2. The molecule has 0 bridgehead atoms. The molecule has 0 aromatic heterocycles. The van der Waals surface area contributed by atoms with E-state index in [2.05, 4.69) is 0 Å². The Morgan fingerprint density at radius 2 is 1.75 bits per heavy atom. The van der Waals surface area contributed by atoms with Gasteiger partial charge in [0.1, 0.15) is 5.75 Å². The molecule has 0 aliphatic heterocycles. The van der Waals surface area contributed by atoms with Gasteiger partial charge in [-0.2, -0.15) is 8.42 Å². The van der Waals surface area contributed by atoms with Crippen molar-refractivity contribution in [3.05, 3.63) is 59.2 Å². The Balaban J connectivity index is 0.00000288. The second-order valence-corrected chi connectivity index (χ2v) is 6.51. The van der Waals surface area contributed by atoms with Gasteiger partial charge in [0.05, 0.1) is 10.5 Å². The summed E-state index contributed by atoms with van der Waals surface area (Å²) in [5.74, 6) is -0.320. The van der Waals surface area contributed by atoms with Gasteiger partial charge < -0.3 is 10.5 Å². The maximum Gasteiger partial charge on any atom is 0.343 e. The zero-order chi connectivity index (χ0) is 17.2. The molecule has 0 amide bonds. The quantitative estimate of drug-likeness (QED) is 0.504. The van der Waals surface area contributed by atoms with Crippen LogP contribution < -0.4 is 10.5 Å². The fraction of sp³-hybridized carbons (Fsp3) is 0.188. The first-order valence-corrected chi connectivity index (χ1v) is 8.20. The summed E-state index contributed by atoms with van der Waals surface area (Å²) in [6.07, 6.45) is 0. The minimum absolute atomic E-state index is 0. The van der Waals surface area contributed by atoms with Crippen LogP contribution in [-0.4, -0.2) is 14.4 Å². The zero-order valence-corrected chi connectivity index (χ0v) is 14.7. The summed E-state index contributed by atoms with van der Waals surface area (Å²) in [7, 11) is -4.80. The average Bonchev–Trinajstić information content (AvgIpc) is 2.46. The molecule has 1 atom stereocenters. The fourth-order valence-corrected chi connectivity index (χ4v) is 2.57. The van der Waals surface area contributed by atoms with E-state index in [9.17, 15) is 17.1 Å². The number of carbonyl (C=O) groups excluding carboxylic acids is 1. The number of hydrogen-bond acceptors (Lipinski definition) is 5. The van der Waals surface area contributed by atoms with Crippen LogP contribution in [0.5, 0.6) is 5.75 Å². The predicted molar refractivity (Wildman–Crippen MR) is 90.7 cm³/mol. The summed E-state index contributed by atoms with van der Waals surface area (Å²) in [6.45, 7) is 3.34. The predicted octanol–water partition coefficient (Wildman–Crippen LogP) is 3.31. The third-order valence-corrected chi connectivity index (χ3v) is 4.13. The highest BCUT2D eigenvalue weighted by Crippen LogP contribution is 2.21. The number of hydrogen-bond donors (Lipinski definition) is 1. The molecule has 0 saturated carbocycles. The topological polar surface area (TPSA) is 86.5 Å². The third kappa shape index (κ3) is 4.77. The van der Waals surface area contributed by atoms with Crippen molar-refractivity contribution < 1.29 is 21.8 Å². The monoisotopic (exact) mass is 373 g/mol. The first-order valence-electron chi connectivity index (χ1n) is 6.81. The Kier molecular flexibility index (Phi) is 6.48. The van der Waals surface area contributed by atoms with Gasteiger partial charge in [0.15, 0.2) is 0 Å². The van der Waals surface area contributed by atoms with Crippen molar-refractivity contribution >= 4 is 28.6 Å². The standard InChI is InChI=1S/C16H16FNO4S.ClH/c1-10-9-14(23(17,20)21)7-8-15(10)16(19)22-13-5-3-12(4-6-13)11(2)18;/h3-9,11H,18H2,1-2H3;1H. The Bertz CT molecular complexity index is 836. The maximum atomic E-state index is 12.9. The van der Waals surface area contributed by atoms with Crippen LogP contribution in [0.25, 0.3) is 0 Å². The molecule has 2 aromatic carbocycles. The molecule has 0 aliphatic rings. The van der Waals surface area contributed by atoms with Gasteiger partial charge in [0, 0.05) is 6.04 Å². The van der Waals surface area contributed by atoms with Crippen molar-refractivity contribution in [1.29, 1.82) is 0 Å². The Morgan fingerprint density at radius 3 is 2.21 bits per heavy atom. The zero-order valence-electron chi connectivity index (χ0n) is 13.0. The van der Waals surface area contributed by atoms with Gasteiger partial charge in [0.2, 0.25) is 0 Å². The van der Waals surface area contributed by atoms with Gasteiger partial charge in [-0.05, 0) is 55.3 Å². The minimum Gasteiger partial charge on any atom is -0.423 e. The van der Waals surface area contributed by atoms with Gasteiger partial charge in [-0.15, -0.1) is 16.3 Å². The van der Waals surface area contributed by atoms with Gasteiger partial charge in [0.25, 0.3) is 0 Å². The number of benzene rings is 2. The van der Waals surface area contributed by atoms with Crippen LogP contribution in [0.4, 0.5) is 3.89 Å². The first-order chi connectivity index (χ1) is 10.7. The van der Waals surface area contributed by atoms with E-state index in [1.54, 1.807) is 24.3 Å². The van der Waals surface area contributed by atoms with E-state index < -0.39 is 21.1 Å². The first kappa shape index (κ1) is 20.1. The summed E-state index contributed by atoms with van der Waals surface area (Å²) >= 11 is 0. The molecule has 0 aliphatic carbocycles. The molecular formula is C16H17ClFNO4S. The van der Waals surface area contributed by atoms with E-state index in [-0.39, 0.29) is 24.0 Å². The van der Waals surface area contributed by atoms with Crippen molar-refractivity contribution in [3.8, 4) is 5.75 Å². The number of ether oxygens (including phenoxy) is 1. The van der Waals surface area contributed by atoms with Crippen LogP contribution >= 0.6 is 12.4 Å². The number of aryl methyl sites for hydroxylation is 1. The van der Waals surface area contributed by atoms with Crippen molar-refractivity contribution in [3.63, 3.8) is 0 Å². The summed E-state index contributed by atoms with van der Waals surface area (Å²) in [5.41, 5.74) is 7.11. The van der Waals surface area contributed by atoms with Crippen LogP contribution in [0.1, 0.15) is 34.5 Å². The van der Waals surface area contributed by atoms with E-state index >= 15 is 0 Å². The molecule has 5 nitrogen and oxygen atoms in total. The average molecular weight is 374 g/mol. The lowest BCUT2D eigenvalue weighted by Crippen LogP contribution is -2.11. The number of nitrogens with two attached hydrogens (primary N) is 1. The van der Waals surface area contributed by atoms with Crippen LogP contribution in [0.15, 0.2) is 47.4 Å². The van der Waals surface area contributed by atoms with E-state index in [1.165, 1.54) is 13.0 Å². The van der Waals surface area contributed by atoms with E-state index in [0.29, 0.717) is 11.3 Å². The molecule has 24 heavy (non-hydrogen) atoms. The lowest BCUT2D eigenvalue weighted by atomic mass is 10.1. The number of esters is 1. The van der Waals surface area contributed by atoms with Crippen molar-refractivity contribution in [2.24, 2.45) is 5.73 Å². The lowest BCUT2D eigenvalue weighted by Gasteiger charge is -2.09. The van der Waals surface area contributed by atoms with E-state index in [4.69, 9.17) is 10.5 Å². The summed E-state index contributed by atoms with van der Waals surface area (Å²) in [6, 6.07) is 9.94. The van der Waals surface area contributed by atoms with Crippen molar-refractivity contribution in [2.45, 2.75) is 24.8 Å². The molecular weight excluding hydrogens is 357 g/mol. The molecule has 0 fully saturated rings. The van der Waals surface area contributed by atoms with E-state index in [0.717, 1.165) is 17.7 Å². The second kappa shape index (κ2) is 7.74. The lowest BCUT2D eigenvalue weighted by molar-refractivity contribution is 0.0734. The van der Waals surface area contributed by atoms with Gasteiger partial charge in [-0.3, -0.25) is 0 Å². The molecule has 0 saturated heterocycles. The van der Waals surface area contributed by atoms with Crippen LogP contribution in [-0.2, 0) is 10.2 Å². The summed E-state index contributed by atoms with van der Waals surface area (Å²) in [4.78, 5) is 11.6. The molecule has 130 valence electrons. The Labute approximate surface area is 146 Å². The molecule has 2 rings (SSSR count). The molecule has 8 heteroatoms. The highest BCUT2D eigenvalue weighted by molar-refractivity contribution is 7.86. The summed E-state index contributed by atoms with van der Waals surface area (Å²) < 4.78 is 39.9.